The minimum absolute atomic E-state index is 0.0671. The quantitative estimate of drug-likeness (QED) is 0.653. The van der Waals surface area contributed by atoms with Crippen molar-refractivity contribution in [1.82, 2.24) is 4.90 Å². The Morgan fingerprint density at radius 2 is 1.59 bits per heavy atom. The SMILES string of the molecule is CCCCN(CCO)CCCC.O=C(O)c1ccccc1O. The van der Waals surface area contributed by atoms with E-state index in [-0.39, 0.29) is 11.3 Å². The van der Waals surface area contributed by atoms with E-state index in [9.17, 15) is 4.79 Å². The zero-order valence-electron chi connectivity index (χ0n) is 13.7. The van der Waals surface area contributed by atoms with Gasteiger partial charge in [-0.05, 0) is 38.1 Å². The third-order valence-electron chi connectivity index (χ3n) is 3.21. The van der Waals surface area contributed by atoms with Crippen LogP contribution in [0.25, 0.3) is 0 Å². The van der Waals surface area contributed by atoms with E-state index < -0.39 is 5.97 Å². The van der Waals surface area contributed by atoms with Crippen molar-refractivity contribution in [2.45, 2.75) is 39.5 Å². The van der Waals surface area contributed by atoms with Crippen molar-refractivity contribution >= 4 is 5.97 Å². The van der Waals surface area contributed by atoms with Crippen molar-refractivity contribution in [3.05, 3.63) is 29.8 Å². The number of para-hydroxylation sites is 1. The Morgan fingerprint density at radius 1 is 1.05 bits per heavy atom. The molecule has 0 unspecified atom stereocenters. The Labute approximate surface area is 133 Å². The number of unbranched alkanes of at least 4 members (excludes halogenated alkanes) is 2. The molecule has 0 heterocycles. The lowest BCUT2D eigenvalue weighted by Crippen LogP contribution is -2.28. The average molecular weight is 311 g/mol. The number of nitrogens with zero attached hydrogens (tertiary/aromatic N) is 1. The number of benzene rings is 1. The summed E-state index contributed by atoms with van der Waals surface area (Å²) in [6, 6.07) is 5.81. The monoisotopic (exact) mass is 311 g/mol. The number of aromatic carboxylic acids is 1. The molecule has 0 radical (unpaired) electrons. The van der Waals surface area contributed by atoms with Gasteiger partial charge in [-0.1, -0.05) is 38.8 Å². The fraction of sp³-hybridized carbons (Fsp3) is 0.588. The van der Waals surface area contributed by atoms with Crippen LogP contribution in [0.1, 0.15) is 49.9 Å². The van der Waals surface area contributed by atoms with E-state index >= 15 is 0 Å². The Morgan fingerprint density at radius 3 is 1.95 bits per heavy atom. The second-order valence-corrected chi connectivity index (χ2v) is 5.09. The van der Waals surface area contributed by atoms with E-state index in [1.54, 1.807) is 12.1 Å². The smallest absolute Gasteiger partial charge is 0.339 e. The third-order valence-corrected chi connectivity index (χ3v) is 3.21. The molecule has 5 heteroatoms. The minimum atomic E-state index is -1.11. The number of carboxylic acids is 1. The average Bonchev–Trinajstić information content (AvgIpc) is 2.51. The zero-order chi connectivity index (χ0) is 16.8. The zero-order valence-corrected chi connectivity index (χ0v) is 13.7. The van der Waals surface area contributed by atoms with Crippen molar-refractivity contribution in [2.24, 2.45) is 0 Å². The van der Waals surface area contributed by atoms with Crippen LogP contribution >= 0.6 is 0 Å². The van der Waals surface area contributed by atoms with Gasteiger partial charge in [0.25, 0.3) is 0 Å². The van der Waals surface area contributed by atoms with Gasteiger partial charge in [0.2, 0.25) is 0 Å². The number of carbonyl (C=O) groups is 1. The Kier molecular flexibility index (Phi) is 12.2. The first-order valence-electron chi connectivity index (χ1n) is 7.91. The fourth-order valence-corrected chi connectivity index (χ4v) is 1.89. The van der Waals surface area contributed by atoms with E-state index in [0.29, 0.717) is 6.61 Å². The van der Waals surface area contributed by atoms with Crippen molar-refractivity contribution in [3.8, 4) is 5.75 Å². The summed E-state index contributed by atoms with van der Waals surface area (Å²) in [4.78, 5) is 12.6. The fourth-order valence-electron chi connectivity index (χ4n) is 1.89. The molecule has 0 spiro atoms. The van der Waals surface area contributed by atoms with Crippen LogP contribution in [-0.2, 0) is 0 Å². The van der Waals surface area contributed by atoms with Gasteiger partial charge in [-0.25, -0.2) is 4.79 Å². The molecule has 1 aromatic carbocycles. The van der Waals surface area contributed by atoms with Gasteiger partial charge in [0.15, 0.2) is 0 Å². The molecule has 0 aliphatic heterocycles. The van der Waals surface area contributed by atoms with Crippen molar-refractivity contribution in [2.75, 3.05) is 26.2 Å². The molecule has 0 aliphatic carbocycles. The van der Waals surface area contributed by atoms with Crippen LogP contribution in [0.2, 0.25) is 0 Å². The summed E-state index contributed by atoms with van der Waals surface area (Å²) in [6.45, 7) is 7.86. The van der Waals surface area contributed by atoms with Gasteiger partial charge in [0.1, 0.15) is 11.3 Å². The molecule has 0 aromatic heterocycles. The molecule has 22 heavy (non-hydrogen) atoms. The van der Waals surface area contributed by atoms with Gasteiger partial charge in [-0.3, -0.25) is 0 Å². The first kappa shape index (κ1) is 20.4. The molecule has 3 N–H and O–H groups in total. The molecule has 0 amide bonds. The molecule has 0 saturated heterocycles. The van der Waals surface area contributed by atoms with E-state index in [1.165, 1.54) is 37.8 Å². The lowest BCUT2D eigenvalue weighted by Gasteiger charge is -2.20. The van der Waals surface area contributed by atoms with Crippen LogP contribution in [0, 0.1) is 0 Å². The number of aliphatic hydroxyl groups is 1. The van der Waals surface area contributed by atoms with Crippen LogP contribution in [-0.4, -0.2) is 52.4 Å². The van der Waals surface area contributed by atoms with Gasteiger partial charge < -0.3 is 20.2 Å². The topological polar surface area (TPSA) is 81.0 Å². The molecule has 0 saturated carbocycles. The normalized spacial score (nSPS) is 10.2. The maximum Gasteiger partial charge on any atom is 0.339 e. The molecule has 1 rings (SSSR count). The molecule has 0 bridgehead atoms. The van der Waals surface area contributed by atoms with Gasteiger partial charge in [0.05, 0.1) is 6.61 Å². The number of hydrogen-bond acceptors (Lipinski definition) is 4. The summed E-state index contributed by atoms with van der Waals surface area (Å²) in [5.74, 6) is -1.31. The van der Waals surface area contributed by atoms with Gasteiger partial charge in [-0.15, -0.1) is 0 Å². The predicted molar refractivity (Wildman–Crippen MR) is 88.4 cm³/mol. The molecular formula is C17H29NO4. The largest absolute Gasteiger partial charge is 0.507 e. The van der Waals surface area contributed by atoms with E-state index in [0.717, 1.165) is 19.6 Å². The van der Waals surface area contributed by atoms with Crippen molar-refractivity contribution in [1.29, 1.82) is 0 Å². The number of hydrogen-bond donors (Lipinski definition) is 3. The second kappa shape index (κ2) is 13.1. The second-order valence-electron chi connectivity index (χ2n) is 5.09. The third kappa shape index (κ3) is 9.37. The molecule has 5 nitrogen and oxygen atoms in total. The lowest BCUT2D eigenvalue weighted by atomic mass is 10.2. The minimum Gasteiger partial charge on any atom is -0.507 e. The van der Waals surface area contributed by atoms with Crippen LogP contribution in [0.5, 0.6) is 5.75 Å². The maximum atomic E-state index is 10.3. The highest BCUT2D eigenvalue weighted by Gasteiger charge is 2.05. The maximum absolute atomic E-state index is 10.3. The van der Waals surface area contributed by atoms with Crippen LogP contribution in [0.3, 0.4) is 0 Å². The Bertz CT molecular complexity index is 401. The molecule has 1 aromatic rings. The van der Waals surface area contributed by atoms with Crippen LogP contribution < -0.4 is 0 Å². The highest BCUT2D eigenvalue weighted by atomic mass is 16.4. The van der Waals surface area contributed by atoms with Crippen molar-refractivity contribution in [3.63, 3.8) is 0 Å². The number of carboxylic acid groups (broad SMARTS) is 1. The van der Waals surface area contributed by atoms with Gasteiger partial charge >= 0.3 is 5.97 Å². The summed E-state index contributed by atoms with van der Waals surface area (Å²) in [5, 5.41) is 26.1. The van der Waals surface area contributed by atoms with Gasteiger partial charge in [-0.2, -0.15) is 0 Å². The summed E-state index contributed by atoms with van der Waals surface area (Å²) in [6.07, 6.45) is 5.00. The van der Waals surface area contributed by atoms with E-state index in [1.807, 2.05) is 0 Å². The number of phenols is 1. The molecule has 0 atom stereocenters. The van der Waals surface area contributed by atoms with E-state index in [4.69, 9.17) is 15.3 Å². The summed E-state index contributed by atoms with van der Waals surface area (Å²) in [5.41, 5.74) is -0.0671. The highest BCUT2D eigenvalue weighted by Crippen LogP contribution is 2.14. The Hall–Kier alpha value is -1.59. The number of aromatic hydroxyl groups is 1. The summed E-state index contributed by atoms with van der Waals surface area (Å²) >= 11 is 0. The molecular weight excluding hydrogens is 282 g/mol. The van der Waals surface area contributed by atoms with Crippen LogP contribution in [0.4, 0.5) is 0 Å². The predicted octanol–water partition coefficient (Wildman–Crippen LogP) is 2.97. The first-order chi connectivity index (χ1) is 10.6. The summed E-state index contributed by atoms with van der Waals surface area (Å²) < 4.78 is 0. The summed E-state index contributed by atoms with van der Waals surface area (Å²) in [7, 11) is 0. The lowest BCUT2D eigenvalue weighted by molar-refractivity contribution is 0.0693. The number of rotatable bonds is 9. The standard InChI is InChI=1S/C10H23NO.C7H6O3/c1-3-5-7-11(9-10-12)8-6-4-2;8-6-4-2-1-3-5(6)7(9)10/h12H,3-10H2,1-2H3;1-4,8H,(H,9,10). The molecule has 0 fully saturated rings. The van der Waals surface area contributed by atoms with Gasteiger partial charge in [0, 0.05) is 6.54 Å². The Balaban J connectivity index is 0.000000406. The van der Waals surface area contributed by atoms with E-state index in [2.05, 4.69) is 18.7 Å². The van der Waals surface area contributed by atoms with Crippen molar-refractivity contribution < 1.29 is 20.1 Å². The highest BCUT2D eigenvalue weighted by molar-refractivity contribution is 5.90. The number of aliphatic hydroxyl groups excluding tert-OH is 1. The molecule has 126 valence electrons. The first-order valence-corrected chi connectivity index (χ1v) is 7.91. The molecule has 0 aliphatic rings. The van der Waals surface area contributed by atoms with Crippen LogP contribution in [0.15, 0.2) is 24.3 Å².